The molecule has 0 amide bonds. The van der Waals surface area contributed by atoms with Crippen LogP contribution in [-0.4, -0.2) is 32.4 Å². The summed E-state index contributed by atoms with van der Waals surface area (Å²) in [5.74, 6) is 5.32. The van der Waals surface area contributed by atoms with Gasteiger partial charge in [0.15, 0.2) is 0 Å². The fraction of sp³-hybridized carbons (Fsp3) is 0.281. The molecule has 0 fully saturated rings. The molecule has 0 atom stereocenters. The predicted molar refractivity (Wildman–Crippen MR) is 166 cm³/mol. The Bertz CT molecular complexity index is 1760. The lowest BCUT2D eigenvalue weighted by Crippen LogP contribution is -2.21. The average molecular weight is 549 g/mol. The van der Waals surface area contributed by atoms with Crippen LogP contribution in [0.25, 0.3) is 22.0 Å². The van der Waals surface area contributed by atoms with Gasteiger partial charge < -0.3 is 14.6 Å². The summed E-state index contributed by atoms with van der Waals surface area (Å²) in [6.07, 6.45) is 7.72. The number of benzene rings is 2. The maximum absolute atomic E-state index is 6.37. The molecule has 0 saturated carbocycles. The Morgan fingerprint density at radius 2 is 1.73 bits per heavy atom. The Hall–Kier alpha value is -4.35. The number of nitrogens with zero attached hydrogens (tertiary/aromatic N) is 5. The molecule has 0 bridgehead atoms. The highest BCUT2D eigenvalue weighted by molar-refractivity contribution is 6.83. The second-order valence-electron chi connectivity index (χ2n) is 12.2. The topological polar surface area (TPSA) is 69.8 Å². The van der Waals surface area contributed by atoms with E-state index < -0.39 is 8.07 Å². The SMILES string of the molecule is Cc1cc(Oc2cc(Nc3ncc4cc(C#C[Si](C)(C)C)ccc4n3)cc(-c3cnn(C)c3)c2)cn1C(C)(C)C. The van der Waals surface area contributed by atoms with Gasteiger partial charge >= 0.3 is 0 Å². The van der Waals surface area contributed by atoms with E-state index in [0.717, 1.165) is 44.7 Å². The van der Waals surface area contributed by atoms with Crippen LogP contribution in [0.4, 0.5) is 11.6 Å². The average Bonchev–Trinajstić information content (AvgIpc) is 3.47. The summed E-state index contributed by atoms with van der Waals surface area (Å²) in [5, 5.41) is 8.69. The Labute approximate surface area is 237 Å². The predicted octanol–water partition coefficient (Wildman–Crippen LogP) is 7.66. The van der Waals surface area contributed by atoms with E-state index in [1.807, 2.05) is 62.2 Å². The zero-order chi connectivity index (χ0) is 28.7. The molecule has 0 unspecified atom stereocenters. The highest BCUT2D eigenvalue weighted by Crippen LogP contribution is 2.34. The van der Waals surface area contributed by atoms with Gasteiger partial charge in [-0.3, -0.25) is 4.68 Å². The van der Waals surface area contributed by atoms with Crippen molar-refractivity contribution in [2.45, 2.75) is 52.9 Å². The number of aromatic nitrogens is 5. The first-order valence-electron chi connectivity index (χ1n) is 13.4. The van der Waals surface area contributed by atoms with Crippen LogP contribution in [0.5, 0.6) is 11.5 Å². The minimum Gasteiger partial charge on any atom is -0.456 e. The smallest absolute Gasteiger partial charge is 0.227 e. The molecule has 5 aromatic rings. The lowest BCUT2D eigenvalue weighted by atomic mass is 10.1. The van der Waals surface area contributed by atoms with Gasteiger partial charge in [-0.1, -0.05) is 25.6 Å². The molecule has 0 aliphatic carbocycles. The molecule has 3 aromatic heterocycles. The van der Waals surface area contributed by atoms with E-state index in [1.54, 1.807) is 4.68 Å². The van der Waals surface area contributed by atoms with Crippen molar-refractivity contribution in [2.75, 3.05) is 5.32 Å². The van der Waals surface area contributed by atoms with Crippen molar-refractivity contribution in [2.24, 2.45) is 7.05 Å². The Morgan fingerprint density at radius 3 is 2.40 bits per heavy atom. The summed E-state index contributed by atoms with van der Waals surface area (Å²) >= 11 is 0. The van der Waals surface area contributed by atoms with E-state index in [0.29, 0.717) is 11.7 Å². The van der Waals surface area contributed by atoms with Crippen molar-refractivity contribution in [3.8, 4) is 34.1 Å². The molecular weight excluding hydrogens is 512 g/mol. The third-order valence-corrected chi connectivity index (χ3v) is 7.18. The standard InChI is InChI=1S/C32H36N6OSi/c1-22-13-29(21-38(22)32(2,3)4)39-28-16-24(26-19-34-37(5)20-26)15-27(17-28)35-31-33-18-25-14-23(9-10-30(25)36-31)11-12-40(6,7)8/h9-10,13-21H,1-8H3,(H,33,35,36). The monoisotopic (exact) mass is 548 g/mol. The van der Waals surface area contributed by atoms with Gasteiger partial charge in [-0.05, 0) is 63.6 Å². The molecule has 5 rings (SSSR count). The number of ether oxygens (including phenoxy) is 1. The van der Waals surface area contributed by atoms with Crippen molar-refractivity contribution in [3.05, 3.63) is 78.5 Å². The van der Waals surface area contributed by atoms with Gasteiger partial charge in [0.25, 0.3) is 0 Å². The van der Waals surface area contributed by atoms with Crippen molar-refractivity contribution in [1.29, 1.82) is 0 Å². The van der Waals surface area contributed by atoms with Crippen LogP contribution >= 0.6 is 0 Å². The zero-order valence-electron chi connectivity index (χ0n) is 24.5. The van der Waals surface area contributed by atoms with Crippen LogP contribution in [0.15, 0.2) is 67.3 Å². The van der Waals surface area contributed by atoms with E-state index in [9.17, 15) is 0 Å². The first kappa shape index (κ1) is 27.2. The summed E-state index contributed by atoms with van der Waals surface area (Å²) in [6, 6.07) is 14.2. The lowest BCUT2D eigenvalue weighted by molar-refractivity contribution is 0.386. The molecule has 0 radical (unpaired) electrons. The Kier molecular flexibility index (Phi) is 7.02. The summed E-state index contributed by atoms with van der Waals surface area (Å²) in [6.45, 7) is 15.4. The maximum Gasteiger partial charge on any atom is 0.227 e. The normalized spacial score (nSPS) is 11.8. The third kappa shape index (κ3) is 6.44. The van der Waals surface area contributed by atoms with Crippen molar-refractivity contribution < 1.29 is 4.74 Å². The lowest BCUT2D eigenvalue weighted by Gasteiger charge is -2.23. The van der Waals surface area contributed by atoms with Crippen LogP contribution in [0.1, 0.15) is 32.0 Å². The fourth-order valence-corrected chi connectivity index (χ4v) is 5.00. The first-order chi connectivity index (χ1) is 18.8. The van der Waals surface area contributed by atoms with Crippen LogP contribution in [0.3, 0.4) is 0 Å². The van der Waals surface area contributed by atoms with Gasteiger partial charge in [0.2, 0.25) is 5.95 Å². The molecule has 0 saturated heterocycles. The molecule has 0 aliphatic heterocycles. The van der Waals surface area contributed by atoms with E-state index in [4.69, 9.17) is 9.72 Å². The van der Waals surface area contributed by atoms with Gasteiger partial charge in [-0.25, -0.2) is 9.97 Å². The molecular formula is C32H36N6OSi. The van der Waals surface area contributed by atoms with Gasteiger partial charge in [0.1, 0.15) is 19.6 Å². The second kappa shape index (κ2) is 10.3. The molecule has 1 N–H and O–H groups in total. The third-order valence-electron chi connectivity index (χ3n) is 6.31. The van der Waals surface area contributed by atoms with Gasteiger partial charge in [0.05, 0.1) is 11.7 Å². The molecule has 0 spiro atoms. The number of nitrogens with one attached hydrogen (secondary N) is 1. The highest BCUT2D eigenvalue weighted by atomic mass is 28.3. The van der Waals surface area contributed by atoms with Crippen molar-refractivity contribution >= 4 is 30.6 Å². The molecule has 8 heteroatoms. The minimum absolute atomic E-state index is 0.0367. The summed E-state index contributed by atoms with van der Waals surface area (Å²) in [5.41, 5.74) is 9.16. The number of hydrogen-bond donors (Lipinski definition) is 1. The summed E-state index contributed by atoms with van der Waals surface area (Å²) < 4.78 is 10.4. The quantitative estimate of drug-likeness (QED) is 0.180. The molecule has 0 aliphatic rings. The largest absolute Gasteiger partial charge is 0.456 e. The van der Waals surface area contributed by atoms with Crippen molar-refractivity contribution in [1.82, 2.24) is 24.3 Å². The molecule has 204 valence electrons. The van der Waals surface area contributed by atoms with Crippen LogP contribution in [-0.2, 0) is 12.6 Å². The summed E-state index contributed by atoms with van der Waals surface area (Å²) in [7, 11) is 0.462. The molecule has 40 heavy (non-hydrogen) atoms. The first-order valence-corrected chi connectivity index (χ1v) is 16.9. The number of hydrogen-bond acceptors (Lipinski definition) is 5. The second-order valence-corrected chi connectivity index (χ2v) is 17.0. The minimum atomic E-state index is -1.45. The van der Waals surface area contributed by atoms with Crippen LogP contribution < -0.4 is 10.1 Å². The molecule has 3 heterocycles. The van der Waals surface area contributed by atoms with E-state index in [2.05, 4.69) is 90.9 Å². The number of anilines is 2. The Morgan fingerprint density at radius 1 is 0.925 bits per heavy atom. The van der Waals surface area contributed by atoms with E-state index in [-0.39, 0.29) is 5.54 Å². The van der Waals surface area contributed by atoms with Gasteiger partial charge in [-0.2, -0.15) is 5.10 Å². The Balaban J connectivity index is 1.46. The number of aryl methyl sites for hydroxylation is 2. The summed E-state index contributed by atoms with van der Waals surface area (Å²) in [4.78, 5) is 9.35. The van der Waals surface area contributed by atoms with Crippen molar-refractivity contribution in [3.63, 3.8) is 0 Å². The van der Waals surface area contributed by atoms with Gasteiger partial charge in [0, 0.05) is 71.2 Å². The molecule has 7 nitrogen and oxygen atoms in total. The fourth-order valence-electron chi connectivity index (χ4n) is 4.48. The van der Waals surface area contributed by atoms with Crippen LogP contribution in [0, 0.1) is 18.4 Å². The van der Waals surface area contributed by atoms with E-state index in [1.165, 1.54) is 0 Å². The molecule has 2 aromatic carbocycles. The number of rotatable bonds is 5. The highest BCUT2D eigenvalue weighted by Gasteiger charge is 2.17. The zero-order valence-corrected chi connectivity index (χ0v) is 25.5. The van der Waals surface area contributed by atoms with E-state index >= 15 is 0 Å². The number of fused-ring (bicyclic) bond motifs is 1. The maximum atomic E-state index is 6.37. The van der Waals surface area contributed by atoms with Crippen LogP contribution in [0.2, 0.25) is 19.6 Å². The van der Waals surface area contributed by atoms with Gasteiger partial charge in [-0.15, -0.1) is 5.54 Å².